The quantitative estimate of drug-likeness (QED) is 0.559. The summed E-state index contributed by atoms with van der Waals surface area (Å²) in [7, 11) is 0. The summed E-state index contributed by atoms with van der Waals surface area (Å²) in [6, 6.07) is 8.49. The van der Waals surface area contributed by atoms with Crippen molar-refractivity contribution in [1.29, 1.82) is 0 Å². The van der Waals surface area contributed by atoms with Crippen molar-refractivity contribution < 1.29 is 10.0 Å². The molecule has 0 amide bonds. The molecule has 0 saturated carbocycles. The van der Waals surface area contributed by atoms with E-state index < -0.39 is 4.92 Å². The smallest absolute Gasteiger partial charge is 0.271 e. The molecule has 1 heterocycles. The van der Waals surface area contributed by atoms with Crippen LogP contribution in [0, 0.1) is 24.0 Å². The molecule has 3 rings (SSSR count). The number of aromatic nitrogens is 1. The van der Waals surface area contributed by atoms with E-state index in [1.54, 1.807) is 6.07 Å². The fraction of sp³-hybridized carbons (Fsp3) is 0.118. The van der Waals surface area contributed by atoms with Gasteiger partial charge in [0.05, 0.1) is 15.1 Å². The number of hydrogen-bond acceptors (Lipinski definition) is 5. The molecule has 0 radical (unpaired) electrons. The van der Waals surface area contributed by atoms with Crippen molar-refractivity contribution in [1.82, 2.24) is 4.98 Å². The minimum Gasteiger partial charge on any atom is -0.507 e. The Labute approximate surface area is 136 Å². The first kappa shape index (κ1) is 15.2. The molecule has 0 saturated heterocycles. The van der Waals surface area contributed by atoms with Crippen LogP contribution in [-0.2, 0) is 0 Å². The van der Waals surface area contributed by atoms with E-state index in [9.17, 15) is 15.2 Å². The van der Waals surface area contributed by atoms with Crippen LogP contribution in [-0.4, -0.2) is 15.0 Å². The van der Waals surface area contributed by atoms with Gasteiger partial charge in [0, 0.05) is 12.1 Å². The van der Waals surface area contributed by atoms with Gasteiger partial charge in [0.2, 0.25) is 0 Å². The number of non-ortho nitro benzene ring substituents is 1. The van der Waals surface area contributed by atoms with E-state index >= 15 is 0 Å². The maximum atomic E-state index is 10.8. The molecule has 0 atom stereocenters. The molecule has 3 aromatic rings. The third-order valence-corrected chi connectivity index (χ3v) is 4.53. The predicted molar refractivity (Wildman–Crippen MR) is 92.8 cm³/mol. The number of hydrogen-bond donors (Lipinski definition) is 1. The zero-order valence-corrected chi connectivity index (χ0v) is 13.4. The maximum absolute atomic E-state index is 10.8. The predicted octanol–water partition coefficient (Wildman–Crippen LogP) is 4.70. The molecular weight excluding hydrogens is 312 g/mol. The van der Waals surface area contributed by atoms with Crippen molar-refractivity contribution in [3.05, 3.63) is 62.1 Å². The lowest BCUT2D eigenvalue weighted by Gasteiger charge is -2.04. The van der Waals surface area contributed by atoms with E-state index in [2.05, 4.69) is 4.98 Å². The van der Waals surface area contributed by atoms with Crippen molar-refractivity contribution in [2.75, 3.05) is 0 Å². The molecule has 5 nitrogen and oxygen atoms in total. The summed E-state index contributed by atoms with van der Waals surface area (Å²) >= 11 is 1.48. The number of nitro benzene ring substituents is 1. The zero-order valence-electron chi connectivity index (χ0n) is 12.6. The van der Waals surface area contributed by atoms with Crippen molar-refractivity contribution in [3.8, 4) is 5.75 Å². The normalized spacial score (nSPS) is 11.4. The molecule has 0 spiro atoms. The van der Waals surface area contributed by atoms with Gasteiger partial charge in [-0.3, -0.25) is 10.1 Å². The Bertz CT molecular complexity index is 921. The Kier molecular flexibility index (Phi) is 3.83. The minimum atomic E-state index is -0.420. The number of benzene rings is 2. The molecule has 0 fully saturated rings. The van der Waals surface area contributed by atoms with E-state index in [4.69, 9.17) is 0 Å². The average molecular weight is 326 g/mol. The molecule has 0 aliphatic carbocycles. The molecule has 2 aromatic carbocycles. The number of thiazole rings is 1. The van der Waals surface area contributed by atoms with Gasteiger partial charge in [-0.15, -0.1) is 11.3 Å². The van der Waals surface area contributed by atoms with Crippen LogP contribution >= 0.6 is 11.3 Å². The van der Waals surface area contributed by atoms with Gasteiger partial charge in [0.15, 0.2) is 0 Å². The van der Waals surface area contributed by atoms with E-state index in [1.165, 1.54) is 23.5 Å². The summed E-state index contributed by atoms with van der Waals surface area (Å²) in [6.45, 7) is 3.72. The summed E-state index contributed by atoms with van der Waals surface area (Å²) in [6.07, 6.45) is 3.80. The molecule has 116 valence electrons. The van der Waals surface area contributed by atoms with Crippen molar-refractivity contribution in [3.63, 3.8) is 0 Å². The standard InChI is InChI=1S/C17H14N2O3S/c1-10-7-12(8-11(2)17(10)20)3-6-16-18-14-9-13(19(21)22)4-5-15(14)23-16/h3-9,20H,1-2H3. The summed E-state index contributed by atoms with van der Waals surface area (Å²) < 4.78 is 0.910. The number of aromatic hydroxyl groups is 1. The number of phenolic OH excluding ortho intramolecular Hbond substituents is 1. The SMILES string of the molecule is Cc1cc(C=Cc2nc3cc([N+](=O)[O-])ccc3s2)cc(C)c1O. The summed E-state index contributed by atoms with van der Waals surface area (Å²) in [5.74, 6) is 0.314. The van der Waals surface area contributed by atoms with Gasteiger partial charge < -0.3 is 5.11 Å². The molecule has 0 unspecified atom stereocenters. The monoisotopic (exact) mass is 326 g/mol. The molecule has 1 aromatic heterocycles. The topological polar surface area (TPSA) is 76.3 Å². The van der Waals surface area contributed by atoms with Gasteiger partial charge in [-0.1, -0.05) is 6.08 Å². The van der Waals surface area contributed by atoms with E-state index in [0.29, 0.717) is 11.3 Å². The van der Waals surface area contributed by atoms with Crippen molar-refractivity contribution in [2.45, 2.75) is 13.8 Å². The lowest BCUT2D eigenvalue weighted by molar-refractivity contribution is -0.384. The zero-order chi connectivity index (χ0) is 16.6. The number of aryl methyl sites for hydroxylation is 2. The number of fused-ring (bicyclic) bond motifs is 1. The number of nitrogens with zero attached hydrogens (tertiary/aromatic N) is 2. The fourth-order valence-corrected chi connectivity index (χ4v) is 3.22. The number of rotatable bonds is 3. The van der Waals surface area contributed by atoms with Crippen LogP contribution in [0.2, 0.25) is 0 Å². The average Bonchev–Trinajstić information content (AvgIpc) is 2.92. The Hall–Kier alpha value is -2.73. The third kappa shape index (κ3) is 3.07. The van der Waals surface area contributed by atoms with Crippen molar-refractivity contribution >= 4 is 39.4 Å². The summed E-state index contributed by atoms with van der Waals surface area (Å²) in [4.78, 5) is 14.8. The molecule has 23 heavy (non-hydrogen) atoms. The summed E-state index contributed by atoms with van der Waals surface area (Å²) in [5, 5.41) is 21.4. The van der Waals surface area contributed by atoms with Gasteiger partial charge in [-0.25, -0.2) is 4.98 Å². The second-order valence-corrected chi connectivity index (χ2v) is 6.36. The van der Waals surface area contributed by atoms with Gasteiger partial charge in [-0.2, -0.15) is 0 Å². The van der Waals surface area contributed by atoms with Gasteiger partial charge in [-0.05, 0) is 54.8 Å². The highest BCUT2D eigenvalue weighted by atomic mass is 32.1. The van der Waals surface area contributed by atoms with Crippen LogP contribution in [0.5, 0.6) is 5.75 Å². The van der Waals surface area contributed by atoms with Crippen LogP contribution < -0.4 is 0 Å². The Morgan fingerprint density at radius 2 is 1.87 bits per heavy atom. The van der Waals surface area contributed by atoms with Gasteiger partial charge in [0.25, 0.3) is 5.69 Å². The molecule has 0 bridgehead atoms. The van der Waals surface area contributed by atoms with E-state index in [0.717, 1.165) is 26.4 Å². The van der Waals surface area contributed by atoms with Crippen LogP contribution in [0.25, 0.3) is 22.4 Å². The second-order valence-electron chi connectivity index (χ2n) is 5.30. The summed E-state index contributed by atoms with van der Waals surface area (Å²) in [5.41, 5.74) is 3.29. The molecular formula is C17H14N2O3S. The van der Waals surface area contributed by atoms with Crippen molar-refractivity contribution in [2.24, 2.45) is 0 Å². The van der Waals surface area contributed by atoms with Gasteiger partial charge >= 0.3 is 0 Å². The first-order valence-electron chi connectivity index (χ1n) is 6.97. The van der Waals surface area contributed by atoms with E-state index in [1.807, 2.05) is 38.1 Å². The first-order valence-corrected chi connectivity index (χ1v) is 7.79. The van der Waals surface area contributed by atoms with Crippen LogP contribution in [0.15, 0.2) is 30.3 Å². The minimum absolute atomic E-state index is 0.0445. The third-order valence-electron chi connectivity index (χ3n) is 3.53. The Balaban J connectivity index is 1.93. The highest BCUT2D eigenvalue weighted by Gasteiger charge is 2.09. The Morgan fingerprint density at radius 3 is 2.52 bits per heavy atom. The van der Waals surface area contributed by atoms with Crippen LogP contribution in [0.4, 0.5) is 5.69 Å². The molecule has 1 N–H and O–H groups in total. The molecule has 0 aliphatic rings. The second kappa shape index (κ2) is 5.81. The van der Waals surface area contributed by atoms with Gasteiger partial charge in [0.1, 0.15) is 10.8 Å². The van der Waals surface area contributed by atoms with E-state index in [-0.39, 0.29) is 5.69 Å². The van der Waals surface area contributed by atoms with Crippen LogP contribution in [0.1, 0.15) is 21.7 Å². The lowest BCUT2D eigenvalue weighted by Crippen LogP contribution is -1.86. The molecule has 6 heteroatoms. The number of phenols is 1. The van der Waals surface area contributed by atoms with Crippen LogP contribution in [0.3, 0.4) is 0 Å². The highest BCUT2D eigenvalue weighted by molar-refractivity contribution is 7.19. The fourth-order valence-electron chi connectivity index (χ4n) is 2.37. The first-order chi connectivity index (χ1) is 10.9. The molecule has 0 aliphatic heterocycles. The maximum Gasteiger partial charge on any atom is 0.271 e. The highest BCUT2D eigenvalue weighted by Crippen LogP contribution is 2.28. The number of nitro groups is 1. The lowest BCUT2D eigenvalue weighted by atomic mass is 10.1. The largest absolute Gasteiger partial charge is 0.507 e. The Morgan fingerprint density at radius 1 is 1.17 bits per heavy atom.